The number of aryl methyl sites for hydroxylation is 3. The van der Waals surface area contributed by atoms with Gasteiger partial charge in [-0.25, -0.2) is 9.67 Å². The van der Waals surface area contributed by atoms with Crippen molar-refractivity contribution in [1.82, 2.24) is 24.2 Å². The van der Waals surface area contributed by atoms with E-state index < -0.39 is 0 Å². The molecule has 0 bridgehead atoms. The molecule has 0 N–H and O–H groups in total. The SMILES string of the molecule is O=c1cc2c(nn1CC1CCN(Cc3ncc4n3CCCC4)CC1)CCCC2. The van der Waals surface area contributed by atoms with Crippen molar-refractivity contribution in [3.8, 4) is 0 Å². The number of rotatable bonds is 4. The lowest BCUT2D eigenvalue weighted by Crippen LogP contribution is -2.37. The molecule has 6 heteroatoms. The van der Waals surface area contributed by atoms with Crippen LogP contribution < -0.4 is 5.56 Å². The Morgan fingerprint density at radius 2 is 1.82 bits per heavy atom. The zero-order valence-electron chi connectivity index (χ0n) is 16.8. The fourth-order valence-electron chi connectivity index (χ4n) is 5.13. The van der Waals surface area contributed by atoms with Gasteiger partial charge in [0.15, 0.2) is 0 Å². The maximum atomic E-state index is 12.5. The minimum atomic E-state index is 0.0899. The molecule has 4 heterocycles. The van der Waals surface area contributed by atoms with Crippen LogP contribution in [-0.2, 0) is 38.9 Å². The zero-order chi connectivity index (χ0) is 18.9. The van der Waals surface area contributed by atoms with Gasteiger partial charge in [-0.15, -0.1) is 0 Å². The number of fused-ring (bicyclic) bond motifs is 2. The van der Waals surface area contributed by atoms with Gasteiger partial charge in [0.1, 0.15) is 5.82 Å². The van der Waals surface area contributed by atoms with Crippen LogP contribution in [-0.4, -0.2) is 37.3 Å². The Morgan fingerprint density at radius 1 is 1.00 bits per heavy atom. The molecule has 1 fully saturated rings. The molecular weight excluding hydrogens is 350 g/mol. The predicted octanol–water partition coefficient (Wildman–Crippen LogP) is 2.57. The molecule has 0 aromatic carbocycles. The van der Waals surface area contributed by atoms with Gasteiger partial charge in [0.2, 0.25) is 0 Å². The second-order valence-electron chi connectivity index (χ2n) is 8.84. The summed E-state index contributed by atoms with van der Waals surface area (Å²) >= 11 is 0. The number of likely N-dealkylation sites (tertiary alicyclic amines) is 1. The van der Waals surface area contributed by atoms with Gasteiger partial charge in [-0.3, -0.25) is 9.69 Å². The summed E-state index contributed by atoms with van der Waals surface area (Å²) in [7, 11) is 0. The van der Waals surface area contributed by atoms with Crippen LogP contribution in [0.15, 0.2) is 17.1 Å². The number of hydrogen-bond acceptors (Lipinski definition) is 4. The van der Waals surface area contributed by atoms with Crippen LogP contribution in [0.4, 0.5) is 0 Å². The highest BCUT2D eigenvalue weighted by Crippen LogP contribution is 2.23. The van der Waals surface area contributed by atoms with E-state index in [0.29, 0.717) is 5.92 Å². The van der Waals surface area contributed by atoms with Crippen molar-refractivity contribution < 1.29 is 0 Å². The Labute approximate surface area is 166 Å². The average Bonchev–Trinajstić information content (AvgIpc) is 3.13. The summed E-state index contributed by atoms with van der Waals surface area (Å²) in [6.07, 6.45) is 12.6. The lowest BCUT2D eigenvalue weighted by molar-refractivity contribution is 0.158. The first-order chi connectivity index (χ1) is 13.8. The average molecular weight is 382 g/mol. The summed E-state index contributed by atoms with van der Waals surface area (Å²) in [5, 5.41) is 4.71. The van der Waals surface area contributed by atoms with Gasteiger partial charge in [-0.1, -0.05) is 0 Å². The smallest absolute Gasteiger partial charge is 0.267 e. The van der Waals surface area contributed by atoms with E-state index >= 15 is 0 Å². The Balaban J connectivity index is 1.19. The van der Waals surface area contributed by atoms with Crippen molar-refractivity contribution >= 4 is 0 Å². The van der Waals surface area contributed by atoms with Gasteiger partial charge < -0.3 is 4.57 Å². The highest BCUT2D eigenvalue weighted by atomic mass is 16.1. The molecule has 6 nitrogen and oxygen atoms in total. The Kier molecular flexibility index (Phi) is 5.05. The number of imidazole rings is 1. The largest absolute Gasteiger partial charge is 0.331 e. The second-order valence-corrected chi connectivity index (χ2v) is 8.84. The summed E-state index contributed by atoms with van der Waals surface area (Å²) in [4.78, 5) is 19.7. The van der Waals surface area contributed by atoms with E-state index in [-0.39, 0.29) is 5.56 Å². The molecular formula is C22H31N5O. The molecule has 2 aromatic rings. The Bertz CT molecular complexity index is 891. The van der Waals surface area contributed by atoms with Gasteiger partial charge in [-0.2, -0.15) is 5.10 Å². The fraction of sp³-hybridized carbons (Fsp3) is 0.682. The fourth-order valence-corrected chi connectivity index (χ4v) is 5.13. The van der Waals surface area contributed by atoms with E-state index in [4.69, 9.17) is 10.1 Å². The molecule has 28 heavy (non-hydrogen) atoms. The van der Waals surface area contributed by atoms with Crippen LogP contribution in [0.25, 0.3) is 0 Å². The number of aromatic nitrogens is 4. The van der Waals surface area contributed by atoms with Crippen molar-refractivity contribution in [3.63, 3.8) is 0 Å². The van der Waals surface area contributed by atoms with Crippen molar-refractivity contribution in [2.75, 3.05) is 13.1 Å². The van der Waals surface area contributed by atoms with Crippen LogP contribution >= 0.6 is 0 Å². The van der Waals surface area contributed by atoms with Gasteiger partial charge >= 0.3 is 0 Å². The maximum absolute atomic E-state index is 12.5. The topological polar surface area (TPSA) is 56.0 Å². The van der Waals surface area contributed by atoms with Gasteiger partial charge in [0.25, 0.3) is 5.56 Å². The van der Waals surface area contributed by atoms with E-state index in [0.717, 1.165) is 64.1 Å². The molecule has 2 aromatic heterocycles. The molecule has 0 radical (unpaired) electrons. The zero-order valence-corrected chi connectivity index (χ0v) is 16.8. The first-order valence-corrected chi connectivity index (χ1v) is 11.1. The van der Waals surface area contributed by atoms with Crippen molar-refractivity contribution in [2.45, 2.75) is 77.4 Å². The van der Waals surface area contributed by atoms with Gasteiger partial charge in [-0.05, 0) is 82.4 Å². The normalized spacial score (nSPS) is 20.7. The monoisotopic (exact) mass is 381 g/mol. The third kappa shape index (κ3) is 3.66. The van der Waals surface area contributed by atoms with E-state index in [9.17, 15) is 4.79 Å². The Hall–Kier alpha value is -1.95. The second kappa shape index (κ2) is 7.82. The number of hydrogen-bond donors (Lipinski definition) is 0. The molecule has 150 valence electrons. The molecule has 1 saturated heterocycles. The number of nitrogens with zero attached hydrogens (tertiary/aromatic N) is 5. The van der Waals surface area contributed by atoms with E-state index in [2.05, 4.69) is 15.7 Å². The summed E-state index contributed by atoms with van der Waals surface area (Å²) in [6, 6.07) is 1.85. The quantitative estimate of drug-likeness (QED) is 0.817. The molecule has 0 spiro atoms. The molecule has 5 rings (SSSR count). The van der Waals surface area contributed by atoms with Gasteiger partial charge in [0, 0.05) is 31.0 Å². The van der Waals surface area contributed by atoms with E-state index in [1.54, 1.807) is 4.68 Å². The minimum Gasteiger partial charge on any atom is -0.331 e. The molecule has 0 atom stereocenters. The van der Waals surface area contributed by atoms with E-state index in [1.165, 1.54) is 49.2 Å². The Morgan fingerprint density at radius 3 is 2.71 bits per heavy atom. The first kappa shape index (κ1) is 18.1. The highest BCUT2D eigenvalue weighted by molar-refractivity contribution is 5.20. The van der Waals surface area contributed by atoms with Crippen LogP contribution in [0.2, 0.25) is 0 Å². The lowest BCUT2D eigenvalue weighted by atomic mass is 9.96. The van der Waals surface area contributed by atoms with Crippen molar-refractivity contribution in [3.05, 3.63) is 45.4 Å². The molecule has 2 aliphatic heterocycles. The molecule has 1 aliphatic carbocycles. The predicted molar refractivity (Wildman–Crippen MR) is 108 cm³/mol. The van der Waals surface area contributed by atoms with Gasteiger partial charge in [0.05, 0.1) is 12.2 Å². The summed E-state index contributed by atoms with van der Waals surface area (Å²) in [5.74, 6) is 1.79. The van der Waals surface area contributed by atoms with Crippen LogP contribution in [0.1, 0.15) is 61.3 Å². The van der Waals surface area contributed by atoms with Crippen LogP contribution in [0.3, 0.4) is 0 Å². The first-order valence-electron chi connectivity index (χ1n) is 11.1. The molecule has 0 saturated carbocycles. The lowest BCUT2D eigenvalue weighted by Gasteiger charge is -2.32. The molecule has 0 unspecified atom stereocenters. The summed E-state index contributed by atoms with van der Waals surface area (Å²) in [5.41, 5.74) is 3.85. The highest BCUT2D eigenvalue weighted by Gasteiger charge is 2.23. The molecule has 0 amide bonds. The summed E-state index contributed by atoms with van der Waals surface area (Å²) in [6.45, 7) is 5.05. The number of piperidine rings is 1. The van der Waals surface area contributed by atoms with Crippen LogP contribution in [0, 0.1) is 5.92 Å². The minimum absolute atomic E-state index is 0.0899. The standard InChI is InChI=1S/C22H31N5O/c28-22-13-18-5-1-2-7-20(18)24-27(22)15-17-8-11-25(12-9-17)16-21-23-14-19-6-3-4-10-26(19)21/h13-14,17H,1-12,15-16H2. The van der Waals surface area contributed by atoms with E-state index in [1.807, 2.05) is 6.07 Å². The van der Waals surface area contributed by atoms with Crippen LogP contribution in [0.5, 0.6) is 0 Å². The maximum Gasteiger partial charge on any atom is 0.267 e. The van der Waals surface area contributed by atoms with Crippen molar-refractivity contribution in [1.29, 1.82) is 0 Å². The third-order valence-corrected chi connectivity index (χ3v) is 6.86. The summed E-state index contributed by atoms with van der Waals surface area (Å²) < 4.78 is 4.18. The van der Waals surface area contributed by atoms with Crippen molar-refractivity contribution in [2.24, 2.45) is 5.92 Å². The third-order valence-electron chi connectivity index (χ3n) is 6.86. The molecule has 3 aliphatic rings.